The van der Waals surface area contributed by atoms with Crippen LogP contribution in [0.5, 0.6) is 0 Å². The maximum atomic E-state index is 6.17. The van der Waals surface area contributed by atoms with Crippen LogP contribution in [0.2, 0.25) is 5.02 Å². The van der Waals surface area contributed by atoms with Crippen LogP contribution in [0.1, 0.15) is 11.1 Å². The summed E-state index contributed by atoms with van der Waals surface area (Å²) in [6.07, 6.45) is 3.69. The summed E-state index contributed by atoms with van der Waals surface area (Å²) in [4.78, 5) is 11.0. The molecule has 4 nitrogen and oxygen atoms in total. The van der Waals surface area contributed by atoms with E-state index in [1.807, 2.05) is 36.5 Å². The second-order valence-corrected chi connectivity index (χ2v) is 6.38. The van der Waals surface area contributed by atoms with Gasteiger partial charge in [0.25, 0.3) is 0 Å². The Bertz CT molecular complexity index is 648. The molecule has 0 bridgehead atoms. The summed E-state index contributed by atoms with van der Waals surface area (Å²) in [7, 11) is 0. The van der Waals surface area contributed by atoms with E-state index in [1.165, 1.54) is 5.56 Å². The van der Waals surface area contributed by atoms with Crippen molar-refractivity contribution in [1.82, 2.24) is 15.2 Å². The number of thioether (sulfide) groups is 1. The summed E-state index contributed by atoms with van der Waals surface area (Å²) in [6, 6.07) is 12.0. The number of aliphatic imine (C=N–C) groups is 1. The molecule has 1 aliphatic heterocycles. The van der Waals surface area contributed by atoms with E-state index in [0.29, 0.717) is 6.67 Å². The zero-order valence-corrected chi connectivity index (χ0v) is 13.6. The molecule has 6 heteroatoms. The van der Waals surface area contributed by atoms with E-state index in [9.17, 15) is 0 Å². The Balaban J connectivity index is 1.50. The van der Waals surface area contributed by atoms with Crippen LogP contribution in [0.3, 0.4) is 0 Å². The fourth-order valence-electron chi connectivity index (χ4n) is 2.16. The van der Waals surface area contributed by atoms with Crippen LogP contribution in [0.4, 0.5) is 0 Å². The number of aromatic nitrogens is 1. The molecule has 0 saturated heterocycles. The summed E-state index contributed by atoms with van der Waals surface area (Å²) in [5, 5.41) is 5.14. The van der Waals surface area contributed by atoms with Crippen LogP contribution in [-0.4, -0.2) is 28.4 Å². The third-order valence-electron chi connectivity index (χ3n) is 3.32. The van der Waals surface area contributed by atoms with Crippen molar-refractivity contribution < 1.29 is 0 Å². The van der Waals surface area contributed by atoms with Crippen LogP contribution in [-0.2, 0) is 12.3 Å². The second kappa shape index (κ2) is 7.63. The van der Waals surface area contributed by atoms with E-state index in [-0.39, 0.29) is 0 Å². The van der Waals surface area contributed by atoms with Gasteiger partial charge in [0.15, 0.2) is 5.17 Å². The molecule has 0 radical (unpaired) electrons. The minimum atomic E-state index is 0.701. The number of nitrogens with zero attached hydrogens (tertiary/aromatic N) is 3. The molecule has 0 amide bonds. The third kappa shape index (κ3) is 4.22. The highest BCUT2D eigenvalue weighted by atomic mass is 35.5. The largest absolute Gasteiger partial charge is 0.352 e. The molecule has 0 atom stereocenters. The van der Waals surface area contributed by atoms with Crippen molar-refractivity contribution in [3.63, 3.8) is 0 Å². The van der Waals surface area contributed by atoms with Crippen LogP contribution < -0.4 is 5.32 Å². The van der Waals surface area contributed by atoms with Crippen molar-refractivity contribution in [1.29, 1.82) is 0 Å². The Morgan fingerprint density at radius 2 is 2.14 bits per heavy atom. The van der Waals surface area contributed by atoms with Gasteiger partial charge in [-0.25, -0.2) is 4.99 Å². The van der Waals surface area contributed by atoms with Crippen LogP contribution in [0, 0.1) is 0 Å². The number of nitrogens with one attached hydrogen (secondary N) is 1. The number of pyridine rings is 1. The molecule has 0 spiro atoms. The van der Waals surface area contributed by atoms with Gasteiger partial charge in [-0.15, -0.1) is 0 Å². The average Bonchev–Trinajstić information content (AvgIpc) is 2.56. The number of hydrogen-bond acceptors (Lipinski definition) is 5. The molecule has 0 saturated carbocycles. The van der Waals surface area contributed by atoms with Gasteiger partial charge in [0, 0.05) is 29.7 Å². The number of benzene rings is 1. The molecule has 1 aromatic heterocycles. The highest BCUT2D eigenvalue weighted by Crippen LogP contribution is 2.21. The van der Waals surface area contributed by atoms with Gasteiger partial charge in [-0.3, -0.25) is 9.88 Å². The quantitative estimate of drug-likeness (QED) is 0.932. The normalized spacial score (nSPS) is 15.2. The van der Waals surface area contributed by atoms with Crippen molar-refractivity contribution in [2.75, 3.05) is 13.3 Å². The standard InChI is InChI=1S/C16H17ClN4S/c17-15-6-2-1-5-14(15)10-22-16-19-11-21(12-20-16)9-13-4-3-7-18-8-13/h1-8H,9-12H2,(H,19,20). The zero-order valence-electron chi connectivity index (χ0n) is 12.1. The zero-order chi connectivity index (χ0) is 15.2. The molecule has 1 aromatic carbocycles. The molecule has 3 rings (SSSR count). The van der Waals surface area contributed by atoms with Crippen molar-refractivity contribution in [2.45, 2.75) is 12.3 Å². The lowest BCUT2D eigenvalue weighted by Gasteiger charge is -2.26. The summed E-state index contributed by atoms with van der Waals surface area (Å²) in [6.45, 7) is 2.35. The monoisotopic (exact) mass is 332 g/mol. The van der Waals surface area contributed by atoms with Gasteiger partial charge < -0.3 is 5.32 Å². The second-order valence-electron chi connectivity index (χ2n) is 5.01. The first-order chi connectivity index (χ1) is 10.8. The molecule has 0 aliphatic carbocycles. The minimum absolute atomic E-state index is 0.701. The predicted molar refractivity (Wildman–Crippen MR) is 92.8 cm³/mol. The van der Waals surface area contributed by atoms with Gasteiger partial charge in [-0.05, 0) is 23.3 Å². The Hall–Kier alpha value is -1.56. The molecule has 114 valence electrons. The highest BCUT2D eigenvalue weighted by molar-refractivity contribution is 8.13. The molecule has 2 heterocycles. The molecule has 2 aromatic rings. The molecule has 22 heavy (non-hydrogen) atoms. The molecular weight excluding hydrogens is 316 g/mol. The molecule has 1 aliphatic rings. The van der Waals surface area contributed by atoms with Gasteiger partial charge >= 0.3 is 0 Å². The van der Waals surface area contributed by atoms with Gasteiger partial charge in [0.2, 0.25) is 0 Å². The minimum Gasteiger partial charge on any atom is -0.352 e. The summed E-state index contributed by atoms with van der Waals surface area (Å²) < 4.78 is 0. The number of amidine groups is 1. The smallest absolute Gasteiger partial charge is 0.159 e. The third-order valence-corrected chi connectivity index (χ3v) is 4.69. The molecule has 1 N–H and O–H groups in total. The topological polar surface area (TPSA) is 40.5 Å². The number of rotatable bonds is 4. The lowest BCUT2D eigenvalue weighted by Crippen LogP contribution is -2.41. The van der Waals surface area contributed by atoms with Gasteiger partial charge in [-0.2, -0.15) is 0 Å². The van der Waals surface area contributed by atoms with E-state index in [1.54, 1.807) is 18.0 Å². The Morgan fingerprint density at radius 1 is 1.23 bits per heavy atom. The first kappa shape index (κ1) is 15.3. The first-order valence-corrected chi connectivity index (χ1v) is 8.43. The summed E-state index contributed by atoms with van der Waals surface area (Å²) in [5.74, 6) is 0.827. The maximum absolute atomic E-state index is 6.17. The first-order valence-electron chi connectivity index (χ1n) is 7.07. The summed E-state index contributed by atoms with van der Waals surface area (Å²) in [5.41, 5.74) is 2.34. The SMILES string of the molecule is Clc1ccccc1CSC1=NCN(Cc2cccnc2)CN1. The molecule has 0 unspecified atom stereocenters. The molecular formula is C16H17ClN4S. The van der Waals surface area contributed by atoms with Gasteiger partial charge in [0.05, 0.1) is 13.3 Å². The van der Waals surface area contributed by atoms with Crippen LogP contribution in [0.25, 0.3) is 0 Å². The lowest BCUT2D eigenvalue weighted by atomic mass is 10.2. The van der Waals surface area contributed by atoms with E-state index < -0.39 is 0 Å². The maximum Gasteiger partial charge on any atom is 0.159 e. The van der Waals surface area contributed by atoms with E-state index >= 15 is 0 Å². The Labute approximate surface area is 139 Å². The average molecular weight is 333 g/mol. The van der Waals surface area contributed by atoms with Gasteiger partial charge in [-0.1, -0.05) is 47.6 Å². The molecule has 0 fully saturated rings. The number of halogens is 1. The van der Waals surface area contributed by atoms with E-state index in [0.717, 1.165) is 34.7 Å². The van der Waals surface area contributed by atoms with E-state index in [2.05, 4.69) is 26.3 Å². The van der Waals surface area contributed by atoms with Crippen molar-refractivity contribution in [2.24, 2.45) is 4.99 Å². The fraction of sp³-hybridized carbons (Fsp3) is 0.250. The van der Waals surface area contributed by atoms with E-state index in [4.69, 9.17) is 11.6 Å². The van der Waals surface area contributed by atoms with Crippen LogP contribution in [0.15, 0.2) is 53.8 Å². The Morgan fingerprint density at radius 3 is 2.86 bits per heavy atom. The van der Waals surface area contributed by atoms with Crippen LogP contribution >= 0.6 is 23.4 Å². The van der Waals surface area contributed by atoms with Gasteiger partial charge in [0.1, 0.15) is 0 Å². The summed E-state index contributed by atoms with van der Waals surface area (Å²) >= 11 is 7.86. The highest BCUT2D eigenvalue weighted by Gasteiger charge is 2.13. The predicted octanol–water partition coefficient (Wildman–Crippen LogP) is 3.34. The lowest BCUT2D eigenvalue weighted by molar-refractivity contribution is 0.258. The number of hydrogen-bond donors (Lipinski definition) is 1. The fourth-order valence-corrected chi connectivity index (χ4v) is 3.30. The van der Waals surface area contributed by atoms with Crippen molar-refractivity contribution >= 4 is 28.5 Å². The van der Waals surface area contributed by atoms with Crippen molar-refractivity contribution in [3.8, 4) is 0 Å². The Kier molecular flexibility index (Phi) is 5.32. The van der Waals surface area contributed by atoms with Crippen molar-refractivity contribution in [3.05, 3.63) is 64.9 Å².